The minimum atomic E-state index is -0.476. The van der Waals surface area contributed by atoms with Crippen molar-refractivity contribution in [2.75, 3.05) is 13.2 Å². The SMILES string of the molecule is O=C(COc1ccc(Br)cc1)NNC(=O)c1ccc(OCCc2ccccc2)c(Br)c1. The maximum Gasteiger partial charge on any atom is 0.276 e. The molecule has 0 aliphatic carbocycles. The average Bonchev–Trinajstić information content (AvgIpc) is 2.79. The minimum Gasteiger partial charge on any atom is -0.492 e. The molecule has 3 aromatic rings. The number of benzene rings is 3. The van der Waals surface area contributed by atoms with Gasteiger partial charge in [-0.2, -0.15) is 0 Å². The second kappa shape index (κ2) is 11.5. The monoisotopic (exact) mass is 546 g/mol. The van der Waals surface area contributed by atoms with Crippen LogP contribution in [0.2, 0.25) is 0 Å². The van der Waals surface area contributed by atoms with Gasteiger partial charge in [0.2, 0.25) is 0 Å². The van der Waals surface area contributed by atoms with Gasteiger partial charge in [0.15, 0.2) is 6.61 Å². The standard InChI is InChI=1S/C23H20Br2N2O4/c24-18-7-9-19(10-8-18)31-15-22(28)26-27-23(29)17-6-11-21(20(25)14-17)30-13-12-16-4-2-1-3-5-16/h1-11,14H,12-13,15H2,(H,26,28)(H,27,29). The average molecular weight is 548 g/mol. The lowest BCUT2D eigenvalue weighted by molar-refractivity contribution is -0.123. The summed E-state index contributed by atoms with van der Waals surface area (Å²) in [5.74, 6) is 0.264. The van der Waals surface area contributed by atoms with Crippen molar-refractivity contribution in [2.45, 2.75) is 6.42 Å². The third-order valence-electron chi connectivity index (χ3n) is 4.18. The molecule has 0 saturated carbocycles. The van der Waals surface area contributed by atoms with Crippen molar-refractivity contribution >= 4 is 43.7 Å². The third kappa shape index (κ3) is 7.41. The van der Waals surface area contributed by atoms with Gasteiger partial charge in [-0.25, -0.2) is 0 Å². The Morgan fingerprint density at radius 3 is 2.29 bits per heavy atom. The molecule has 0 radical (unpaired) electrons. The molecule has 0 aromatic heterocycles. The summed E-state index contributed by atoms with van der Waals surface area (Å²) in [6.45, 7) is 0.294. The number of halogens is 2. The van der Waals surface area contributed by atoms with E-state index >= 15 is 0 Å². The van der Waals surface area contributed by atoms with Gasteiger partial charge >= 0.3 is 0 Å². The van der Waals surface area contributed by atoms with Gasteiger partial charge in [0.25, 0.3) is 11.8 Å². The fourth-order valence-corrected chi connectivity index (χ4v) is 3.35. The highest BCUT2D eigenvalue weighted by molar-refractivity contribution is 9.10. The molecule has 0 atom stereocenters. The molecule has 0 spiro atoms. The van der Waals surface area contributed by atoms with Gasteiger partial charge in [0, 0.05) is 16.5 Å². The van der Waals surface area contributed by atoms with Crippen LogP contribution in [0.3, 0.4) is 0 Å². The molecule has 0 aliphatic heterocycles. The first-order valence-corrected chi connectivity index (χ1v) is 11.0. The Morgan fingerprint density at radius 2 is 1.58 bits per heavy atom. The van der Waals surface area contributed by atoms with Gasteiger partial charge in [0.05, 0.1) is 11.1 Å². The van der Waals surface area contributed by atoms with Crippen LogP contribution in [0.1, 0.15) is 15.9 Å². The van der Waals surface area contributed by atoms with Gasteiger partial charge in [-0.3, -0.25) is 20.4 Å². The molecular weight excluding hydrogens is 528 g/mol. The number of hydrogen-bond donors (Lipinski definition) is 2. The lowest BCUT2D eigenvalue weighted by Crippen LogP contribution is -2.43. The molecule has 0 bridgehead atoms. The Morgan fingerprint density at radius 1 is 0.839 bits per heavy atom. The number of carbonyl (C=O) groups is 2. The van der Waals surface area contributed by atoms with Crippen molar-refractivity contribution in [3.8, 4) is 11.5 Å². The molecule has 0 heterocycles. The summed E-state index contributed by atoms with van der Waals surface area (Å²) in [7, 11) is 0. The van der Waals surface area contributed by atoms with Crippen molar-refractivity contribution in [3.05, 3.63) is 92.9 Å². The highest BCUT2D eigenvalue weighted by atomic mass is 79.9. The number of carbonyl (C=O) groups excluding carboxylic acids is 2. The molecule has 8 heteroatoms. The van der Waals surface area contributed by atoms with E-state index in [0.717, 1.165) is 10.9 Å². The van der Waals surface area contributed by atoms with Crippen LogP contribution in [-0.2, 0) is 11.2 Å². The molecule has 160 valence electrons. The molecule has 2 N–H and O–H groups in total. The fraction of sp³-hybridized carbons (Fsp3) is 0.130. The van der Waals surface area contributed by atoms with Crippen molar-refractivity contribution in [1.82, 2.24) is 10.9 Å². The molecule has 31 heavy (non-hydrogen) atoms. The zero-order valence-electron chi connectivity index (χ0n) is 16.4. The molecule has 3 aromatic carbocycles. The van der Waals surface area contributed by atoms with E-state index in [-0.39, 0.29) is 6.61 Å². The molecule has 0 aliphatic rings. The van der Waals surface area contributed by atoms with Crippen LogP contribution in [0, 0.1) is 0 Å². The Balaban J connectivity index is 1.43. The topological polar surface area (TPSA) is 76.7 Å². The first-order chi connectivity index (χ1) is 15.0. The van der Waals surface area contributed by atoms with E-state index in [0.29, 0.717) is 28.1 Å². The zero-order valence-corrected chi connectivity index (χ0v) is 19.6. The number of hydrogen-bond acceptors (Lipinski definition) is 4. The molecular formula is C23H20Br2N2O4. The van der Waals surface area contributed by atoms with E-state index in [2.05, 4.69) is 42.7 Å². The van der Waals surface area contributed by atoms with E-state index in [1.54, 1.807) is 30.3 Å². The van der Waals surface area contributed by atoms with Crippen LogP contribution in [0.25, 0.3) is 0 Å². The van der Waals surface area contributed by atoms with Gasteiger partial charge in [-0.05, 0) is 64.0 Å². The van der Waals surface area contributed by atoms with Crippen LogP contribution in [0.5, 0.6) is 11.5 Å². The van der Waals surface area contributed by atoms with Gasteiger partial charge in [0.1, 0.15) is 11.5 Å². The lowest BCUT2D eigenvalue weighted by atomic mass is 10.2. The minimum absolute atomic E-state index is 0.222. The summed E-state index contributed by atoms with van der Waals surface area (Å²) in [6, 6.07) is 22.1. The Labute approximate surface area is 197 Å². The van der Waals surface area contributed by atoms with Crippen LogP contribution in [0.4, 0.5) is 0 Å². The number of ether oxygens (including phenoxy) is 2. The van der Waals surface area contributed by atoms with Gasteiger partial charge < -0.3 is 9.47 Å². The Bertz CT molecular complexity index is 1030. The number of hydrazine groups is 1. The summed E-state index contributed by atoms with van der Waals surface area (Å²) < 4.78 is 12.7. The first kappa shape index (κ1) is 22.8. The molecule has 0 unspecified atom stereocenters. The zero-order chi connectivity index (χ0) is 22.1. The summed E-state index contributed by atoms with van der Waals surface area (Å²) >= 11 is 6.75. The maximum absolute atomic E-state index is 12.3. The smallest absolute Gasteiger partial charge is 0.276 e. The Hall–Kier alpha value is -2.84. The maximum atomic E-state index is 12.3. The quantitative estimate of drug-likeness (QED) is 0.402. The largest absolute Gasteiger partial charge is 0.492 e. The number of amides is 2. The summed E-state index contributed by atoms with van der Waals surface area (Å²) in [5, 5.41) is 0. The van der Waals surface area contributed by atoms with Gasteiger partial charge in [-0.15, -0.1) is 0 Å². The van der Waals surface area contributed by atoms with Crippen molar-refractivity contribution < 1.29 is 19.1 Å². The van der Waals surface area contributed by atoms with Crippen LogP contribution in [-0.4, -0.2) is 25.0 Å². The van der Waals surface area contributed by atoms with Crippen molar-refractivity contribution in [2.24, 2.45) is 0 Å². The molecule has 0 fully saturated rings. The van der Waals surface area contributed by atoms with E-state index < -0.39 is 11.8 Å². The van der Waals surface area contributed by atoms with E-state index in [9.17, 15) is 9.59 Å². The summed E-state index contributed by atoms with van der Waals surface area (Å²) in [4.78, 5) is 24.2. The first-order valence-electron chi connectivity index (χ1n) is 9.45. The molecule has 6 nitrogen and oxygen atoms in total. The van der Waals surface area contributed by atoms with Crippen molar-refractivity contribution in [1.29, 1.82) is 0 Å². The van der Waals surface area contributed by atoms with E-state index in [1.165, 1.54) is 5.56 Å². The second-order valence-electron chi connectivity index (χ2n) is 6.47. The fourth-order valence-electron chi connectivity index (χ4n) is 2.60. The molecule has 0 saturated heterocycles. The lowest BCUT2D eigenvalue weighted by Gasteiger charge is -2.11. The highest BCUT2D eigenvalue weighted by Crippen LogP contribution is 2.26. The van der Waals surface area contributed by atoms with Gasteiger partial charge in [-0.1, -0.05) is 46.3 Å². The number of nitrogens with one attached hydrogen (secondary N) is 2. The highest BCUT2D eigenvalue weighted by Gasteiger charge is 2.11. The third-order valence-corrected chi connectivity index (χ3v) is 5.33. The van der Waals surface area contributed by atoms with E-state index in [1.807, 2.05) is 42.5 Å². The molecule has 3 rings (SSSR count). The Kier molecular flexibility index (Phi) is 8.49. The summed E-state index contributed by atoms with van der Waals surface area (Å²) in [5.41, 5.74) is 6.26. The summed E-state index contributed by atoms with van der Waals surface area (Å²) in [6.07, 6.45) is 0.782. The van der Waals surface area contributed by atoms with Crippen LogP contribution in [0.15, 0.2) is 81.7 Å². The second-order valence-corrected chi connectivity index (χ2v) is 8.24. The predicted molar refractivity (Wildman–Crippen MR) is 125 cm³/mol. The molecule has 2 amide bonds. The van der Waals surface area contributed by atoms with Crippen molar-refractivity contribution in [3.63, 3.8) is 0 Å². The predicted octanol–water partition coefficient (Wildman–Crippen LogP) is 4.67. The number of rotatable bonds is 8. The van der Waals surface area contributed by atoms with Crippen LogP contribution < -0.4 is 20.3 Å². The normalized spacial score (nSPS) is 10.3. The van der Waals surface area contributed by atoms with Crippen LogP contribution >= 0.6 is 31.9 Å². The van der Waals surface area contributed by atoms with E-state index in [4.69, 9.17) is 9.47 Å².